The maximum absolute atomic E-state index is 12.7. The Kier molecular flexibility index (Phi) is 6.08. The summed E-state index contributed by atoms with van der Waals surface area (Å²) < 4.78 is 6.95. The van der Waals surface area contributed by atoms with Gasteiger partial charge in [0, 0.05) is 31.3 Å². The SMILES string of the molecule is O=C1CN(c2cnn(C3CCCCO3)c(=O)c2Cl)CCN1Cc1ccccc1Cl. The minimum atomic E-state index is -0.387. The zero-order valence-electron chi connectivity index (χ0n) is 15.9. The summed E-state index contributed by atoms with van der Waals surface area (Å²) in [6, 6.07) is 7.49. The fourth-order valence-electron chi connectivity index (χ4n) is 3.69. The summed E-state index contributed by atoms with van der Waals surface area (Å²) in [5.74, 6) is -0.0490. The Morgan fingerprint density at radius 1 is 1.14 bits per heavy atom. The topological polar surface area (TPSA) is 67.7 Å². The fourth-order valence-corrected chi connectivity index (χ4v) is 4.14. The standard InChI is InChI=1S/C20H22Cl2N4O3/c21-15-6-2-1-5-14(15)12-25-9-8-24(13-17(25)27)16-11-23-26(20(28)19(16)22)18-7-3-4-10-29-18/h1-2,5-6,11,18H,3-4,7-10,12-13H2. The van der Waals surface area contributed by atoms with E-state index in [1.54, 1.807) is 16.0 Å². The molecule has 0 aliphatic carbocycles. The van der Waals surface area contributed by atoms with Crippen LogP contribution in [-0.4, -0.2) is 46.8 Å². The highest BCUT2D eigenvalue weighted by Crippen LogP contribution is 2.26. The molecule has 2 aromatic rings. The van der Waals surface area contributed by atoms with E-state index in [2.05, 4.69) is 5.10 Å². The second kappa shape index (κ2) is 8.73. The smallest absolute Gasteiger partial charge is 0.290 e. The average molecular weight is 437 g/mol. The van der Waals surface area contributed by atoms with Gasteiger partial charge in [0.2, 0.25) is 5.91 Å². The summed E-state index contributed by atoms with van der Waals surface area (Å²) in [6.45, 7) is 2.27. The second-order valence-electron chi connectivity index (χ2n) is 7.24. The molecule has 0 N–H and O–H groups in total. The van der Waals surface area contributed by atoms with E-state index in [1.807, 2.05) is 24.3 Å². The largest absolute Gasteiger partial charge is 0.358 e. The Balaban J connectivity index is 1.47. The lowest BCUT2D eigenvalue weighted by molar-refractivity contribution is -0.131. The number of hydrogen-bond donors (Lipinski definition) is 0. The molecule has 1 aromatic heterocycles. The van der Waals surface area contributed by atoms with Crippen molar-refractivity contribution in [2.24, 2.45) is 0 Å². The lowest BCUT2D eigenvalue weighted by Gasteiger charge is -2.36. The van der Waals surface area contributed by atoms with E-state index in [9.17, 15) is 9.59 Å². The van der Waals surface area contributed by atoms with Gasteiger partial charge in [-0.1, -0.05) is 41.4 Å². The third kappa shape index (κ3) is 4.27. The Hall–Kier alpha value is -2.09. The molecule has 3 heterocycles. The van der Waals surface area contributed by atoms with Gasteiger partial charge in [-0.25, -0.2) is 0 Å². The Labute approximate surface area is 178 Å². The van der Waals surface area contributed by atoms with Crippen molar-refractivity contribution in [1.82, 2.24) is 14.7 Å². The van der Waals surface area contributed by atoms with Crippen molar-refractivity contribution in [2.75, 3.05) is 31.1 Å². The number of ether oxygens (including phenoxy) is 1. The molecule has 1 aromatic carbocycles. The summed E-state index contributed by atoms with van der Waals surface area (Å²) >= 11 is 12.6. The van der Waals surface area contributed by atoms with E-state index in [4.69, 9.17) is 27.9 Å². The molecule has 1 unspecified atom stereocenters. The van der Waals surface area contributed by atoms with Crippen LogP contribution in [0, 0.1) is 0 Å². The maximum Gasteiger partial charge on any atom is 0.290 e. The van der Waals surface area contributed by atoms with E-state index >= 15 is 0 Å². The van der Waals surface area contributed by atoms with Crippen LogP contribution in [0.4, 0.5) is 5.69 Å². The van der Waals surface area contributed by atoms with E-state index in [0.717, 1.165) is 24.8 Å². The van der Waals surface area contributed by atoms with Gasteiger partial charge in [-0.05, 0) is 30.9 Å². The number of piperazine rings is 1. The first-order valence-corrected chi connectivity index (χ1v) is 10.5. The molecule has 154 valence electrons. The maximum atomic E-state index is 12.7. The molecule has 2 saturated heterocycles. The van der Waals surface area contributed by atoms with Crippen LogP contribution in [0.2, 0.25) is 10.0 Å². The molecule has 1 atom stereocenters. The van der Waals surface area contributed by atoms with E-state index in [-0.39, 0.29) is 29.3 Å². The third-order valence-corrected chi connectivity index (χ3v) is 6.06. The second-order valence-corrected chi connectivity index (χ2v) is 8.03. The highest BCUT2D eigenvalue weighted by atomic mass is 35.5. The Bertz CT molecular complexity index is 959. The summed E-state index contributed by atoms with van der Waals surface area (Å²) in [7, 11) is 0. The molecule has 0 saturated carbocycles. The van der Waals surface area contributed by atoms with E-state index < -0.39 is 0 Å². The van der Waals surface area contributed by atoms with Crippen molar-refractivity contribution < 1.29 is 9.53 Å². The molecule has 0 radical (unpaired) electrons. The number of carbonyl (C=O) groups is 1. The van der Waals surface area contributed by atoms with Crippen molar-refractivity contribution in [3.8, 4) is 0 Å². The minimum Gasteiger partial charge on any atom is -0.358 e. The number of hydrogen-bond acceptors (Lipinski definition) is 5. The number of rotatable bonds is 4. The molecular weight excluding hydrogens is 415 g/mol. The molecule has 7 nitrogen and oxygen atoms in total. The predicted molar refractivity (Wildman–Crippen MR) is 111 cm³/mol. The fraction of sp³-hybridized carbons (Fsp3) is 0.450. The number of halogens is 2. The van der Waals surface area contributed by atoms with Gasteiger partial charge in [0.05, 0.1) is 18.4 Å². The van der Waals surface area contributed by atoms with E-state index in [1.165, 1.54) is 4.68 Å². The molecule has 1 amide bonds. The van der Waals surface area contributed by atoms with Crippen LogP contribution >= 0.6 is 23.2 Å². The highest BCUT2D eigenvalue weighted by molar-refractivity contribution is 6.33. The van der Waals surface area contributed by atoms with Crippen LogP contribution in [-0.2, 0) is 16.1 Å². The number of anilines is 1. The molecule has 9 heteroatoms. The predicted octanol–water partition coefficient (Wildman–Crippen LogP) is 3.10. The number of aromatic nitrogens is 2. The van der Waals surface area contributed by atoms with Crippen molar-refractivity contribution in [3.05, 3.63) is 56.4 Å². The van der Waals surface area contributed by atoms with Crippen LogP contribution < -0.4 is 10.5 Å². The van der Waals surface area contributed by atoms with Gasteiger partial charge < -0.3 is 14.5 Å². The summed E-state index contributed by atoms with van der Waals surface area (Å²) in [6.07, 6.45) is 3.88. The van der Waals surface area contributed by atoms with Gasteiger partial charge in [-0.2, -0.15) is 9.78 Å². The molecule has 2 fully saturated rings. The van der Waals surface area contributed by atoms with Crippen LogP contribution in [0.25, 0.3) is 0 Å². The minimum absolute atomic E-state index is 0.0490. The van der Waals surface area contributed by atoms with Gasteiger partial charge in [0.25, 0.3) is 5.56 Å². The molecule has 2 aliphatic rings. The monoisotopic (exact) mass is 436 g/mol. The highest BCUT2D eigenvalue weighted by Gasteiger charge is 2.28. The lowest BCUT2D eigenvalue weighted by atomic mass is 10.2. The normalized spacial score (nSPS) is 20.2. The van der Waals surface area contributed by atoms with Crippen LogP contribution in [0.15, 0.2) is 35.3 Å². The zero-order valence-corrected chi connectivity index (χ0v) is 17.4. The molecule has 2 aliphatic heterocycles. The van der Waals surface area contributed by atoms with Crippen LogP contribution in [0.5, 0.6) is 0 Å². The Morgan fingerprint density at radius 2 is 1.97 bits per heavy atom. The van der Waals surface area contributed by atoms with Gasteiger partial charge in [-0.3, -0.25) is 9.59 Å². The van der Waals surface area contributed by atoms with Gasteiger partial charge in [-0.15, -0.1) is 0 Å². The first-order chi connectivity index (χ1) is 14.0. The van der Waals surface area contributed by atoms with Crippen molar-refractivity contribution in [3.63, 3.8) is 0 Å². The molecular formula is C20H22Cl2N4O3. The Morgan fingerprint density at radius 3 is 2.69 bits per heavy atom. The summed E-state index contributed by atoms with van der Waals surface area (Å²) in [5, 5.41) is 4.99. The van der Waals surface area contributed by atoms with Crippen LogP contribution in [0.3, 0.4) is 0 Å². The summed E-state index contributed by atoms with van der Waals surface area (Å²) in [4.78, 5) is 28.9. The molecule has 0 bridgehead atoms. The number of nitrogens with zero attached hydrogens (tertiary/aromatic N) is 4. The van der Waals surface area contributed by atoms with Crippen molar-refractivity contribution in [2.45, 2.75) is 32.0 Å². The molecule has 4 rings (SSSR count). The van der Waals surface area contributed by atoms with Crippen LogP contribution in [0.1, 0.15) is 31.1 Å². The van der Waals surface area contributed by atoms with Gasteiger partial charge >= 0.3 is 0 Å². The average Bonchev–Trinajstić information content (AvgIpc) is 2.74. The third-order valence-electron chi connectivity index (χ3n) is 5.33. The van der Waals surface area contributed by atoms with Gasteiger partial charge in [0.1, 0.15) is 5.02 Å². The van der Waals surface area contributed by atoms with Crippen molar-refractivity contribution in [1.29, 1.82) is 0 Å². The first-order valence-electron chi connectivity index (χ1n) is 9.69. The number of carbonyl (C=O) groups excluding carboxylic acids is 1. The number of benzene rings is 1. The van der Waals surface area contributed by atoms with Crippen molar-refractivity contribution >= 4 is 34.8 Å². The zero-order chi connectivity index (χ0) is 20.4. The first kappa shape index (κ1) is 20.2. The summed E-state index contributed by atoms with van der Waals surface area (Å²) in [5.41, 5.74) is 1.00. The molecule has 29 heavy (non-hydrogen) atoms. The van der Waals surface area contributed by atoms with E-state index in [0.29, 0.717) is 37.0 Å². The quantitative estimate of drug-likeness (QED) is 0.736. The molecule has 0 spiro atoms. The lowest BCUT2D eigenvalue weighted by Crippen LogP contribution is -2.50. The van der Waals surface area contributed by atoms with Gasteiger partial charge in [0.15, 0.2) is 6.23 Å². The number of amides is 1.